The topological polar surface area (TPSA) is 101 Å². The Labute approximate surface area is 146 Å². The second kappa shape index (κ2) is 7.50. The second-order valence-corrected chi connectivity index (χ2v) is 6.88. The van der Waals surface area contributed by atoms with Crippen LogP contribution in [-0.2, 0) is 14.3 Å². The molecular weight excluding hydrogens is 324 g/mol. The zero-order chi connectivity index (χ0) is 18.6. The average Bonchev–Trinajstić information content (AvgIpc) is 2.88. The van der Waals surface area contributed by atoms with E-state index >= 15 is 0 Å². The summed E-state index contributed by atoms with van der Waals surface area (Å²) in [6.45, 7) is 8.24. The van der Waals surface area contributed by atoms with E-state index < -0.39 is 11.7 Å². The summed E-state index contributed by atoms with van der Waals surface area (Å²) >= 11 is 0. The standard InChI is InChI=1S/C17H24N4O4/c1-5-21-10-11(8-14(21)22)15(23)19-12-6-7-13(18-9-12)20-16(24)25-17(2,3)4/h6-7,9,11H,5,8,10H2,1-4H3,(H,19,23)(H,18,20,24). The monoisotopic (exact) mass is 348 g/mol. The van der Waals surface area contributed by atoms with Crippen LogP contribution in [0.2, 0.25) is 0 Å². The summed E-state index contributed by atoms with van der Waals surface area (Å²) < 4.78 is 5.14. The van der Waals surface area contributed by atoms with Crippen LogP contribution in [0.15, 0.2) is 18.3 Å². The van der Waals surface area contributed by atoms with Gasteiger partial charge in [-0.3, -0.25) is 14.9 Å². The number of hydrogen-bond donors (Lipinski definition) is 2. The van der Waals surface area contributed by atoms with Gasteiger partial charge in [0.1, 0.15) is 11.4 Å². The van der Waals surface area contributed by atoms with Gasteiger partial charge in [-0.25, -0.2) is 9.78 Å². The van der Waals surface area contributed by atoms with Crippen molar-refractivity contribution >= 4 is 29.4 Å². The van der Waals surface area contributed by atoms with Gasteiger partial charge in [-0.1, -0.05) is 0 Å². The predicted molar refractivity (Wildman–Crippen MR) is 93.1 cm³/mol. The molecule has 0 aromatic carbocycles. The molecule has 1 aliphatic rings. The number of ether oxygens (including phenoxy) is 1. The fourth-order valence-corrected chi connectivity index (χ4v) is 2.45. The van der Waals surface area contributed by atoms with Crippen molar-refractivity contribution in [2.75, 3.05) is 23.7 Å². The molecular formula is C17H24N4O4. The van der Waals surface area contributed by atoms with E-state index in [0.717, 1.165) is 0 Å². The van der Waals surface area contributed by atoms with E-state index in [2.05, 4.69) is 15.6 Å². The van der Waals surface area contributed by atoms with Gasteiger partial charge < -0.3 is 15.0 Å². The molecule has 2 rings (SSSR count). The highest BCUT2D eigenvalue weighted by molar-refractivity contribution is 5.97. The highest BCUT2D eigenvalue weighted by Crippen LogP contribution is 2.20. The molecule has 1 unspecified atom stereocenters. The average molecular weight is 348 g/mol. The van der Waals surface area contributed by atoms with Gasteiger partial charge in [0.15, 0.2) is 0 Å². The smallest absolute Gasteiger partial charge is 0.413 e. The van der Waals surface area contributed by atoms with Gasteiger partial charge in [0.25, 0.3) is 0 Å². The molecule has 1 aromatic heterocycles. The number of nitrogens with zero attached hydrogens (tertiary/aromatic N) is 2. The Morgan fingerprint density at radius 1 is 1.32 bits per heavy atom. The highest BCUT2D eigenvalue weighted by Gasteiger charge is 2.33. The number of carbonyl (C=O) groups is 3. The van der Waals surface area contributed by atoms with E-state index in [1.807, 2.05) is 6.92 Å². The zero-order valence-electron chi connectivity index (χ0n) is 15.0. The molecule has 1 aliphatic heterocycles. The molecule has 0 spiro atoms. The molecule has 0 radical (unpaired) electrons. The summed E-state index contributed by atoms with van der Waals surface area (Å²) in [7, 11) is 0. The molecule has 1 fully saturated rings. The molecule has 0 aliphatic carbocycles. The lowest BCUT2D eigenvalue weighted by atomic mass is 10.1. The van der Waals surface area contributed by atoms with Crippen molar-refractivity contribution in [2.45, 2.75) is 39.7 Å². The first-order valence-electron chi connectivity index (χ1n) is 8.22. The lowest BCUT2D eigenvalue weighted by molar-refractivity contribution is -0.128. The lowest BCUT2D eigenvalue weighted by Crippen LogP contribution is -2.28. The Morgan fingerprint density at radius 3 is 2.56 bits per heavy atom. The van der Waals surface area contributed by atoms with E-state index in [-0.39, 0.29) is 24.2 Å². The number of rotatable bonds is 4. The molecule has 136 valence electrons. The van der Waals surface area contributed by atoms with Gasteiger partial charge in [-0.05, 0) is 39.8 Å². The Bertz CT molecular complexity index is 652. The molecule has 3 amide bonds. The summed E-state index contributed by atoms with van der Waals surface area (Å²) in [6, 6.07) is 3.20. The van der Waals surface area contributed by atoms with Crippen LogP contribution in [-0.4, -0.2) is 46.5 Å². The molecule has 2 heterocycles. The van der Waals surface area contributed by atoms with Crippen molar-refractivity contribution in [2.24, 2.45) is 5.92 Å². The van der Waals surface area contributed by atoms with Crippen LogP contribution < -0.4 is 10.6 Å². The number of carbonyl (C=O) groups excluding carboxylic acids is 3. The van der Waals surface area contributed by atoms with Crippen LogP contribution in [0.1, 0.15) is 34.1 Å². The number of amides is 3. The molecule has 8 nitrogen and oxygen atoms in total. The maximum atomic E-state index is 12.2. The minimum absolute atomic E-state index is 0.00214. The fourth-order valence-electron chi connectivity index (χ4n) is 2.45. The third kappa shape index (κ3) is 5.44. The fraction of sp³-hybridized carbons (Fsp3) is 0.529. The zero-order valence-corrected chi connectivity index (χ0v) is 15.0. The third-order valence-corrected chi connectivity index (χ3v) is 3.63. The van der Waals surface area contributed by atoms with Gasteiger partial charge in [0, 0.05) is 19.5 Å². The Balaban J connectivity index is 1.89. The van der Waals surface area contributed by atoms with Crippen LogP contribution in [0.25, 0.3) is 0 Å². The lowest BCUT2D eigenvalue weighted by Gasteiger charge is -2.19. The van der Waals surface area contributed by atoms with Gasteiger partial charge in [-0.2, -0.15) is 0 Å². The summed E-state index contributed by atoms with van der Waals surface area (Å²) in [5.74, 6) is -0.246. The Morgan fingerprint density at radius 2 is 2.04 bits per heavy atom. The van der Waals surface area contributed by atoms with E-state index in [4.69, 9.17) is 4.74 Å². The number of pyridine rings is 1. The molecule has 2 N–H and O–H groups in total. The van der Waals surface area contributed by atoms with Crippen molar-refractivity contribution < 1.29 is 19.1 Å². The molecule has 25 heavy (non-hydrogen) atoms. The number of hydrogen-bond acceptors (Lipinski definition) is 5. The molecule has 8 heteroatoms. The van der Waals surface area contributed by atoms with Gasteiger partial charge in [0.05, 0.1) is 17.8 Å². The first-order chi connectivity index (χ1) is 11.7. The Hall–Kier alpha value is -2.64. The van der Waals surface area contributed by atoms with Crippen molar-refractivity contribution in [1.82, 2.24) is 9.88 Å². The van der Waals surface area contributed by atoms with Gasteiger partial charge in [0.2, 0.25) is 11.8 Å². The summed E-state index contributed by atoms with van der Waals surface area (Å²) in [4.78, 5) is 41.3. The number of nitrogens with one attached hydrogen (secondary N) is 2. The summed E-state index contributed by atoms with van der Waals surface area (Å²) in [6.07, 6.45) is 1.07. The normalized spacial score (nSPS) is 17.4. The molecule has 1 atom stereocenters. The maximum Gasteiger partial charge on any atom is 0.413 e. The van der Waals surface area contributed by atoms with Crippen LogP contribution in [0.5, 0.6) is 0 Å². The predicted octanol–water partition coefficient (Wildman–Crippen LogP) is 2.24. The molecule has 1 saturated heterocycles. The minimum atomic E-state index is -0.596. The molecule has 0 bridgehead atoms. The van der Waals surface area contributed by atoms with Crippen molar-refractivity contribution in [1.29, 1.82) is 0 Å². The first-order valence-corrected chi connectivity index (χ1v) is 8.22. The van der Waals surface area contributed by atoms with E-state index in [1.54, 1.807) is 37.8 Å². The van der Waals surface area contributed by atoms with Crippen LogP contribution in [0.3, 0.4) is 0 Å². The van der Waals surface area contributed by atoms with Crippen molar-refractivity contribution in [3.63, 3.8) is 0 Å². The van der Waals surface area contributed by atoms with Crippen LogP contribution >= 0.6 is 0 Å². The largest absolute Gasteiger partial charge is 0.444 e. The summed E-state index contributed by atoms with van der Waals surface area (Å²) in [5, 5.41) is 5.26. The second-order valence-electron chi connectivity index (χ2n) is 6.88. The molecule has 1 aromatic rings. The van der Waals surface area contributed by atoms with E-state index in [0.29, 0.717) is 24.6 Å². The maximum absolute atomic E-state index is 12.2. The van der Waals surface area contributed by atoms with Crippen molar-refractivity contribution in [3.05, 3.63) is 18.3 Å². The van der Waals surface area contributed by atoms with Crippen LogP contribution in [0.4, 0.5) is 16.3 Å². The SMILES string of the molecule is CCN1CC(C(=O)Nc2ccc(NC(=O)OC(C)(C)C)nc2)CC1=O. The van der Waals surface area contributed by atoms with E-state index in [1.165, 1.54) is 6.20 Å². The van der Waals surface area contributed by atoms with Crippen molar-refractivity contribution in [3.8, 4) is 0 Å². The Kier molecular flexibility index (Phi) is 5.61. The number of likely N-dealkylation sites (tertiary alicyclic amines) is 1. The summed E-state index contributed by atoms with van der Waals surface area (Å²) in [5.41, 5.74) is -0.0922. The van der Waals surface area contributed by atoms with Crippen LogP contribution in [0, 0.1) is 5.92 Å². The highest BCUT2D eigenvalue weighted by atomic mass is 16.6. The number of anilines is 2. The molecule has 0 saturated carbocycles. The van der Waals surface area contributed by atoms with Gasteiger partial charge in [-0.15, -0.1) is 0 Å². The van der Waals surface area contributed by atoms with Gasteiger partial charge >= 0.3 is 6.09 Å². The number of aromatic nitrogens is 1. The third-order valence-electron chi connectivity index (χ3n) is 3.63. The first kappa shape index (κ1) is 18.7. The quantitative estimate of drug-likeness (QED) is 0.869. The van der Waals surface area contributed by atoms with E-state index in [9.17, 15) is 14.4 Å². The minimum Gasteiger partial charge on any atom is -0.444 e.